The average molecular weight is 424 g/mol. The predicted octanol–water partition coefficient (Wildman–Crippen LogP) is 5.20. The average Bonchev–Trinajstić information content (AvgIpc) is 2.60. The highest BCUT2D eigenvalue weighted by Gasteiger charge is 2.33. The van der Waals surface area contributed by atoms with Gasteiger partial charge < -0.3 is 15.3 Å². The fourth-order valence-corrected chi connectivity index (χ4v) is 3.87. The van der Waals surface area contributed by atoms with Gasteiger partial charge in [0.2, 0.25) is 0 Å². The molecule has 0 heterocycles. The van der Waals surface area contributed by atoms with Crippen molar-refractivity contribution in [2.75, 3.05) is 0 Å². The fourth-order valence-electron chi connectivity index (χ4n) is 3.87. The highest BCUT2D eigenvalue weighted by molar-refractivity contribution is 6.15. The lowest BCUT2D eigenvalue weighted by molar-refractivity contribution is -0.118. The van der Waals surface area contributed by atoms with Crippen LogP contribution in [-0.4, -0.2) is 39.3 Å². The van der Waals surface area contributed by atoms with Crippen LogP contribution in [0, 0.1) is 10.8 Å². The lowest BCUT2D eigenvalue weighted by Gasteiger charge is -2.28. The third-order valence-electron chi connectivity index (χ3n) is 5.43. The molecule has 0 amide bonds. The highest BCUT2D eigenvalue weighted by atomic mass is 16.3. The summed E-state index contributed by atoms with van der Waals surface area (Å²) in [6.45, 7) is 7.66. The number of rotatable bonds is 4. The first-order chi connectivity index (χ1) is 14.4. The van der Waals surface area contributed by atoms with E-state index < -0.39 is 0 Å². The number of ketones is 2. The molecule has 0 bridgehead atoms. The summed E-state index contributed by atoms with van der Waals surface area (Å²) in [5.74, 6) is -0.484. The van der Waals surface area contributed by atoms with Crippen LogP contribution in [0.1, 0.15) is 53.4 Å². The number of carbonyl (C=O) groups excluding carboxylic acids is 2. The third kappa shape index (κ3) is 5.29. The summed E-state index contributed by atoms with van der Waals surface area (Å²) in [5, 5.41) is 30.5. The second kappa shape index (κ2) is 8.13. The van der Waals surface area contributed by atoms with Crippen LogP contribution in [0.15, 0.2) is 50.8 Å². The van der Waals surface area contributed by atoms with E-state index >= 15 is 0 Å². The summed E-state index contributed by atoms with van der Waals surface area (Å²) in [4.78, 5) is 33.0. The first-order valence-electron chi connectivity index (χ1n) is 10.2. The first-order valence-corrected chi connectivity index (χ1v) is 10.2. The maximum absolute atomic E-state index is 12.3. The van der Waals surface area contributed by atoms with E-state index in [0.29, 0.717) is 31.4 Å². The van der Waals surface area contributed by atoms with Crippen molar-refractivity contribution in [1.29, 1.82) is 0 Å². The number of aliphatic imine (C=N–C) groups is 2. The highest BCUT2D eigenvalue weighted by Crippen LogP contribution is 2.37. The molecule has 0 spiro atoms. The number of aliphatic hydroxyl groups is 2. The molecule has 2 aliphatic rings. The van der Waals surface area contributed by atoms with Gasteiger partial charge >= 0.3 is 0 Å². The smallest absolute Gasteiger partial charge is 0.168 e. The Balaban J connectivity index is 1.85. The van der Waals surface area contributed by atoms with E-state index in [-0.39, 0.29) is 56.5 Å². The van der Waals surface area contributed by atoms with Gasteiger partial charge in [0.05, 0.1) is 16.8 Å². The van der Waals surface area contributed by atoms with Gasteiger partial charge in [0.25, 0.3) is 0 Å². The zero-order chi connectivity index (χ0) is 23.0. The van der Waals surface area contributed by atoms with Crippen molar-refractivity contribution in [3.8, 4) is 5.75 Å². The number of phenols is 1. The van der Waals surface area contributed by atoms with Gasteiger partial charge in [-0.05, 0) is 29.0 Å². The third-order valence-corrected chi connectivity index (χ3v) is 5.43. The number of hydrogen-bond acceptors (Lipinski definition) is 7. The molecule has 0 saturated carbocycles. The Kier molecular flexibility index (Phi) is 5.89. The maximum atomic E-state index is 12.3. The predicted molar refractivity (Wildman–Crippen MR) is 120 cm³/mol. The van der Waals surface area contributed by atoms with Crippen LogP contribution in [0.5, 0.6) is 5.75 Å². The molecule has 3 rings (SSSR count). The van der Waals surface area contributed by atoms with Gasteiger partial charge in [-0.2, -0.15) is 0 Å². The number of allylic oxidation sites excluding steroid dienone is 4. The Morgan fingerprint density at radius 2 is 1.26 bits per heavy atom. The van der Waals surface area contributed by atoms with Crippen LogP contribution in [0.2, 0.25) is 0 Å². The summed E-state index contributed by atoms with van der Waals surface area (Å²) in [6, 6.07) is 4.44. The normalized spacial score (nSPS) is 21.5. The van der Waals surface area contributed by atoms with E-state index in [0.717, 1.165) is 0 Å². The van der Waals surface area contributed by atoms with Crippen molar-refractivity contribution in [3.05, 3.63) is 40.9 Å². The quantitative estimate of drug-likeness (QED) is 0.574. The molecular weight excluding hydrogens is 396 g/mol. The zero-order valence-electron chi connectivity index (χ0n) is 18.3. The van der Waals surface area contributed by atoms with E-state index in [2.05, 4.69) is 9.98 Å². The van der Waals surface area contributed by atoms with Gasteiger partial charge in [-0.3, -0.25) is 19.6 Å². The van der Waals surface area contributed by atoms with Crippen molar-refractivity contribution in [3.63, 3.8) is 0 Å². The molecule has 2 aliphatic carbocycles. The molecule has 0 atom stereocenters. The molecular formula is C24H28N2O5. The molecule has 0 unspecified atom stereocenters. The van der Waals surface area contributed by atoms with Gasteiger partial charge in [-0.25, -0.2) is 0 Å². The maximum Gasteiger partial charge on any atom is 0.168 e. The van der Waals surface area contributed by atoms with E-state index in [1.807, 2.05) is 27.7 Å². The van der Waals surface area contributed by atoms with Gasteiger partial charge in [-0.1, -0.05) is 27.7 Å². The number of phenolic OH excluding ortho intramolecular Hbond substituents is 1. The topological polar surface area (TPSA) is 120 Å². The van der Waals surface area contributed by atoms with Crippen molar-refractivity contribution >= 4 is 35.4 Å². The number of nitrogens with zero attached hydrogens (tertiary/aromatic N) is 2. The van der Waals surface area contributed by atoms with Crippen molar-refractivity contribution in [1.82, 2.24) is 0 Å². The molecule has 0 aromatic heterocycles. The fraction of sp³-hybridized carbons (Fsp3) is 0.417. The van der Waals surface area contributed by atoms with Gasteiger partial charge in [0.15, 0.2) is 11.6 Å². The summed E-state index contributed by atoms with van der Waals surface area (Å²) in [5.41, 5.74) is 0.312. The van der Waals surface area contributed by atoms with Crippen LogP contribution in [0.25, 0.3) is 0 Å². The van der Waals surface area contributed by atoms with Crippen LogP contribution < -0.4 is 0 Å². The SMILES string of the molecule is CC1(C)CC(=O)C(C=Nc2ccc(O)c(N=CC3=C(O)CC(C)(C)CC3=O)c2)=C(O)C1. The van der Waals surface area contributed by atoms with Crippen LogP contribution in [0.3, 0.4) is 0 Å². The summed E-state index contributed by atoms with van der Waals surface area (Å²) in [7, 11) is 0. The van der Waals surface area contributed by atoms with Crippen molar-refractivity contribution in [2.45, 2.75) is 53.4 Å². The molecule has 0 aliphatic heterocycles. The molecule has 7 heteroatoms. The molecule has 3 N–H and O–H groups in total. The van der Waals surface area contributed by atoms with Crippen molar-refractivity contribution < 1.29 is 24.9 Å². The van der Waals surface area contributed by atoms with Crippen LogP contribution in [-0.2, 0) is 9.59 Å². The Morgan fingerprint density at radius 3 is 1.74 bits per heavy atom. The van der Waals surface area contributed by atoms with Gasteiger partial charge in [-0.15, -0.1) is 0 Å². The van der Waals surface area contributed by atoms with E-state index in [4.69, 9.17) is 0 Å². The number of aliphatic hydroxyl groups excluding tert-OH is 2. The Bertz CT molecular complexity index is 1060. The monoisotopic (exact) mass is 424 g/mol. The Labute approximate surface area is 181 Å². The summed E-state index contributed by atoms with van der Waals surface area (Å²) >= 11 is 0. The lowest BCUT2D eigenvalue weighted by atomic mass is 9.77. The number of Topliss-reactive ketones (excluding diaryl/α,β-unsaturated/α-hetero) is 2. The lowest BCUT2D eigenvalue weighted by Crippen LogP contribution is -2.26. The van der Waals surface area contributed by atoms with Crippen molar-refractivity contribution in [2.24, 2.45) is 20.8 Å². The minimum absolute atomic E-state index is 0.0141. The number of carbonyl (C=O) groups is 2. The minimum atomic E-state index is -0.304. The zero-order valence-corrected chi connectivity index (χ0v) is 18.3. The summed E-state index contributed by atoms with van der Waals surface area (Å²) in [6.07, 6.45) is 3.99. The largest absolute Gasteiger partial charge is 0.511 e. The first kappa shape index (κ1) is 22.5. The molecule has 164 valence electrons. The van der Waals surface area contributed by atoms with Crippen LogP contribution in [0.4, 0.5) is 11.4 Å². The second-order valence-corrected chi connectivity index (χ2v) is 9.79. The molecule has 1 aromatic carbocycles. The van der Waals surface area contributed by atoms with E-state index in [9.17, 15) is 24.9 Å². The second-order valence-electron chi connectivity index (χ2n) is 9.79. The number of aromatic hydroxyl groups is 1. The Morgan fingerprint density at radius 1 is 0.774 bits per heavy atom. The minimum Gasteiger partial charge on any atom is -0.511 e. The molecule has 0 fully saturated rings. The summed E-state index contributed by atoms with van der Waals surface area (Å²) < 4.78 is 0. The molecule has 0 radical (unpaired) electrons. The van der Waals surface area contributed by atoms with Gasteiger partial charge in [0, 0.05) is 38.1 Å². The van der Waals surface area contributed by atoms with Crippen LogP contribution >= 0.6 is 0 Å². The van der Waals surface area contributed by atoms with E-state index in [1.165, 1.54) is 24.6 Å². The van der Waals surface area contributed by atoms with Gasteiger partial charge in [0.1, 0.15) is 23.0 Å². The Hall–Kier alpha value is -3.22. The molecule has 7 nitrogen and oxygen atoms in total. The molecule has 0 saturated heterocycles. The number of benzene rings is 1. The van der Waals surface area contributed by atoms with E-state index in [1.54, 1.807) is 6.07 Å². The standard InChI is InChI=1S/C24H28N2O5/c1-23(2)8-19(28)15(20(29)9-23)12-25-14-5-6-18(27)17(7-14)26-13-16-21(30)10-24(3,4)11-22(16)31/h5-7,12-13,27-28,30H,8-11H2,1-4H3. The number of hydrogen-bond donors (Lipinski definition) is 3. The molecule has 31 heavy (non-hydrogen) atoms. The molecule has 1 aromatic rings.